The predicted molar refractivity (Wildman–Crippen MR) is 138 cm³/mol. The molecule has 10 nitrogen and oxygen atoms in total. The van der Waals surface area contributed by atoms with Gasteiger partial charge in [0.2, 0.25) is 0 Å². The minimum atomic E-state index is -1.89. The number of aliphatic hydroxyl groups is 2. The maximum absolute atomic E-state index is 13.3. The molecule has 3 amide bonds. The molecule has 0 saturated carbocycles. The molecule has 1 saturated heterocycles. The summed E-state index contributed by atoms with van der Waals surface area (Å²) in [5, 5.41) is 21.1. The molecule has 4 N–H and O–H groups in total. The molecule has 1 unspecified atom stereocenters. The van der Waals surface area contributed by atoms with Gasteiger partial charge in [-0.3, -0.25) is 14.4 Å². The number of nitrogens with one attached hydrogen (secondary N) is 2. The van der Waals surface area contributed by atoms with Gasteiger partial charge < -0.3 is 25.2 Å². The Morgan fingerprint density at radius 2 is 1.68 bits per heavy atom. The molecule has 0 spiro atoms. The zero-order valence-electron chi connectivity index (χ0n) is 21.7. The fourth-order valence-corrected chi connectivity index (χ4v) is 3.81. The number of likely N-dealkylation sites (N-methyl/N-ethyl adjacent to an activating group) is 2. The van der Waals surface area contributed by atoms with Crippen molar-refractivity contribution in [2.45, 2.75) is 44.1 Å². The molecule has 0 bridgehead atoms. The topological polar surface area (TPSA) is 137 Å². The molecule has 3 atom stereocenters. The monoisotopic (exact) mass is 523 g/mol. The number of aliphatic hydroxyl groups excluding tert-OH is 2. The van der Waals surface area contributed by atoms with E-state index in [9.17, 15) is 19.5 Å². The highest BCUT2D eigenvalue weighted by Gasteiger charge is 2.47. The molecule has 2 aromatic rings. The molecule has 2 aromatic carbocycles. The summed E-state index contributed by atoms with van der Waals surface area (Å²) in [4.78, 5) is 45.5. The number of amides is 3. The second kappa shape index (κ2) is 13.2. The van der Waals surface area contributed by atoms with E-state index in [-0.39, 0.29) is 12.2 Å². The van der Waals surface area contributed by atoms with Crippen LogP contribution in [0.2, 0.25) is 0 Å². The van der Waals surface area contributed by atoms with Gasteiger partial charge in [-0.25, -0.2) is 10.3 Å². The third-order valence-corrected chi connectivity index (χ3v) is 6.46. The molecule has 1 heterocycles. The Morgan fingerprint density at radius 3 is 2.21 bits per heavy atom. The van der Waals surface area contributed by atoms with Crippen LogP contribution in [0.1, 0.15) is 59.3 Å². The predicted octanol–water partition coefficient (Wildman–Crippen LogP) is 1.26. The van der Waals surface area contributed by atoms with Crippen LogP contribution < -0.4 is 10.8 Å². The van der Waals surface area contributed by atoms with Crippen molar-refractivity contribution >= 4 is 17.7 Å². The van der Waals surface area contributed by atoms with Crippen molar-refractivity contribution in [3.8, 4) is 11.8 Å². The first-order chi connectivity index (χ1) is 18.2. The maximum Gasteiger partial charge on any atom is 0.279 e. The Bertz CT molecular complexity index is 1180. The van der Waals surface area contributed by atoms with Crippen LogP contribution in [0.15, 0.2) is 48.5 Å². The van der Waals surface area contributed by atoms with Crippen LogP contribution in [0.4, 0.5) is 0 Å². The first-order valence-corrected chi connectivity index (χ1v) is 12.3. The van der Waals surface area contributed by atoms with E-state index in [1.54, 1.807) is 48.5 Å². The smallest absolute Gasteiger partial charge is 0.279 e. The Morgan fingerprint density at radius 1 is 1.08 bits per heavy atom. The average Bonchev–Trinajstić information content (AvgIpc) is 2.97. The highest BCUT2D eigenvalue weighted by molar-refractivity contribution is 6.12. The maximum atomic E-state index is 13.3. The lowest BCUT2D eigenvalue weighted by Crippen LogP contribution is -2.65. The number of rotatable bonds is 8. The summed E-state index contributed by atoms with van der Waals surface area (Å²) < 4.78 is 5.44. The van der Waals surface area contributed by atoms with E-state index in [1.165, 1.54) is 21.0 Å². The van der Waals surface area contributed by atoms with E-state index in [4.69, 9.17) is 14.7 Å². The largest absolute Gasteiger partial charge is 0.393 e. The first-order valence-electron chi connectivity index (χ1n) is 12.3. The average molecular weight is 524 g/mol. The third kappa shape index (κ3) is 6.76. The van der Waals surface area contributed by atoms with Gasteiger partial charge in [0.25, 0.3) is 17.7 Å². The van der Waals surface area contributed by atoms with E-state index < -0.39 is 35.7 Å². The Labute approximate surface area is 221 Å². The van der Waals surface area contributed by atoms with Gasteiger partial charge in [-0.05, 0) is 61.7 Å². The van der Waals surface area contributed by atoms with E-state index in [2.05, 4.69) is 22.6 Å². The van der Waals surface area contributed by atoms with Crippen molar-refractivity contribution in [3.63, 3.8) is 0 Å². The van der Waals surface area contributed by atoms with Crippen molar-refractivity contribution < 1.29 is 34.2 Å². The number of carbonyl (C=O) groups excluding carboxylic acids is 3. The van der Waals surface area contributed by atoms with Crippen molar-refractivity contribution in [2.24, 2.45) is 0 Å². The molecule has 38 heavy (non-hydrogen) atoms. The molecule has 1 aliphatic heterocycles. The van der Waals surface area contributed by atoms with Gasteiger partial charge in [-0.1, -0.05) is 24.0 Å². The highest BCUT2D eigenvalue weighted by atomic mass is 16.8. The number of hydroxylamine groups is 1. The zero-order chi connectivity index (χ0) is 27.7. The molecule has 0 radical (unpaired) electrons. The van der Waals surface area contributed by atoms with Crippen LogP contribution in [-0.4, -0.2) is 72.0 Å². The second-order valence-electron chi connectivity index (χ2n) is 9.01. The minimum absolute atomic E-state index is 0.264. The van der Waals surface area contributed by atoms with Gasteiger partial charge in [-0.2, -0.15) is 0 Å². The zero-order valence-corrected chi connectivity index (χ0v) is 21.7. The standard InChI is InChI=1S/C28H33N3O7/c1-28(26(35)29-2,27(36)30-38-24-6-4-5-17-37-24)31(3)25(34)22-15-11-20(12-16-22)8-7-19-9-13-21(14-10-19)23(33)18-32/h9-16,23-24,32-33H,4-6,17-18H2,1-3H3,(H,29,35)(H,30,36)/t23-,24?,28-/m0/s1. The first kappa shape index (κ1) is 28.8. The Kier molecular flexibility index (Phi) is 9.98. The van der Waals surface area contributed by atoms with E-state index in [1.807, 2.05) is 0 Å². The second-order valence-corrected chi connectivity index (χ2v) is 9.01. The summed E-state index contributed by atoms with van der Waals surface area (Å²) >= 11 is 0. The van der Waals surface area contributed by atoms with Crippen LogP contribution in [0.25, 0.3) is 0 Å². The summed E-state index contributed by atoms with van der Waals surface area (Å²) in [5.41, 5.74) is 2.61. The van der Waals surface area contributed by atoms with Crippen LogP contribution in [0.5, 0.6) is 0 Å². The van der Waals surface area contributed by atoms with Crippen molar-refractivity contribution in [1.29, 1.82) is 0 Å². The van der Waals surface area contributed by atoms with Crippen molar-refractivity contribution in [1.82, 2.24) is 15.7 Å². The van der Waals surface area contributed by atoms with Gasteiger partial charge in [-0.15, -0.1) is 0 Å². The van der Waals surface area contributed by atoms with E-state index in [0.717, 1.165) is 17.7 Å². The lowest BCUT2D eigenvalue weighted by Gasteiger charge is -2.36. The van der Waals surface area contributed by atoms with Crippen LogP contribution >= 0.6 is 0 Å². The number of hydrogen-bond donors (Lipinski definition) is 4. The van der Waals surface area contributed by atoms with Crippen molar-refractivity contribution in [3.05, 3.63) is 70.8 Å². The number of nitrogens with zero attached hydrogens (tertiary/aromatic N) is 1. The summed E-state index contributed by atoms with van der Waals surface area (Å²) in [6, 6.07) is 13.3. The summed E-state index contributed by atoms with van der Waals surface area (Å²) in [6.45, 7) is 1.50. The fourth-order valence-electron chi connectivity index (χ4n) is 3.81. The van der Waals surface area contributed by atoms with Crippen LogP contribution in [-0.2, 0) is 19.2 Å². The molecular weight excluding hydrogens is 490 g/mol. The van der Waals surface area contributed by atoms with Gasteiger partial charge in [0.1, 0.15) is 6.10 Å². The van der Waals surface area contributed by atoms with E-state index >= 15 is 0 Å². The fraction of sp³-hybridized carbons (Fsp3) is 0.393. The molecule has 1 fully saturated rings. The Hall–Kier alpha value is -3.75. The molecular formula is C28H33N3O7. The number of ether oxygens (including phenoxy) is 1. The van der Waals surface area contributed by atoms with Gasteiger partial charge in [0, 0.05) is 43.8 Å². The Balaban J connectivity index is 1.71. The molecule has 0 aliphatic carbocycles. The van der Waals surface area contributed by atoms with E-state index in [0.29, 0.717) is 29.7 Å². The molecule has 10 heteroatoms. The van der Waals surface area contributed by atoms with Gasteiger partial charge in [0.05, 0.1) is 6.61 Å². The third-order valence-electron chi connectivity index (χ3n) is 6.46. The number of carbonyl (C=O) groups is 3. The summed E-state index contributed by atoms with van der Waals surface area (Å²) in [6.07, 6.45) is 0.873. The summed E-state index contributed by atoms with van der Waals surface area (Å²) in [5.74, 6) is 3.97. The van der Waals surface area contributed by atoms with Crippen molar-refractivity contribution in [2.75, 3.05) is 27.3 Å². The van der Waals surface area contributed by atoms with Crippen LogP contribution in [0.3, 0.4) is 0 Å². The SMILES string of the molecule is CNC(=O)[C@@](C)(C(=O)NOC1CCCCO1)N(C)C(=O)c1ccc(C#Cc2ccc([C@@H](O)CO)cc2)cc1. The molecule has 202 valence electrons. The van der Waals surface area contributed by atoms with Gasteiger partial charge in [0.15, 0.2) is 11.8 Å². The number of benzene rings is 2. The lowest BCUT2D eigenvalue weighted by molar-refractivity contribution is -0.204. The highest BCUT2D eigenvalue weighted by Crippen LogP contribution is 2.20. The quantitative estimate of drug-likeness (QED) is 0.232. The minimum Gasteiger partial charge on any atom is -0.393 e. The number of hydrogen-bond acceptors (Lipinski definition) is 7. The molecule has 0 aromatic heterocycles. The van der Waals surface area contributed by atoms with Crippen LogP contribution in [0, 0.1) is 11.8 Å². The molecule has 1 aliphatic rings. The lowest BCUT2D eigenvalue weighted by atomic mass is 9.96. The molecule has 3 rings (SSSR count). The summed E-state index contributed by atoms with van der Waals surface area (Å²) in [7, 11) is 2.76. The normalized spacial score (nSPS) is 17.2. The van der Waals surface area contributed by atoms with Gasteiger partial charge >= 0.3 is 0 Å².